The molecule has 0 atom stereocenters. The van der Waals surface area contributed by atoms with E-state index in [9.17, 15) is 18.4 Å². The first-order valence-corrected chi connectivity index (χ1v) is 6.68. The van der Waals surface area contributed by atoms with Crippen molar-refractivity contribution in [3.05, 3.63) is 54.1 Å². The van der Waals surface area contributed by atoms with E-state index in [2.05, 4.69) is 15.4 Å². The van der Waals surface area contributed by atoms with Crippen molar-refractivity contribution in [2.75, 3.05) is 10.6 Å². The number of nitrogens with one attached hydrogen (secondary N) is 2. The second-order valence-corrected chi connectivity index (χ2v) is 4.62. The standard InChI is InChI=1S/C16H14F2N2O3/c1-10(21)19-12-3-2-4-13(9-12)20-15(22)11-5-7-14(8-6-11)23-16(17)18/h2-9,16H,1H3,(H,19,21)(H,20,22). The summed E-state index contributed by atoms with van der Waals surface area (Å²) in [7, 11) is 0. The summed E-state index contributed by atoms with van der Waals surface area (Å²) >= 11 is 0. The van der Waals surface area contributed by atoms with Gasteiger partial charge in [0.15, 0.2) is 0 Å². The summed E-state index contributed by atoms with van der Waals surface area (Å²) in [6.45, 7) is -1.53. The number of anilines is 2. The highest BCUT2D eigenvalue weighted by Crippen LogP contribution is 2.18. The molecule has 0 saturated heterocycles. The molecule has 5 nitrogen and oxygen atoms in total. The number of carbonyl (C=O) groups is 2. The van der Waals surface area contributed by atoms with Gasteiger partial charge in [-0.25, -0.2) is 0 Å². The first kappa shape index (κ1) is 16.4. The monoisotopic (exact) mass is 320 g/mol. The van der Waals surface area contributed by atoms with Crippen molar-refractivity contribution in [1.29, 1.82) is 0 Å². The summed E-state index contributed by atoms with van der Waals surface area (Å²) in [5.74, 6) is -0.652. The van der Waals surface area contributed by atoms with Gasteiger partial charge in [0, 0.05) is 23.9 Å². The van der Waals surface area contributed by atoms with Crippen LogP contribution in [0.1, 0.15) is 17.3 Å². The second kappa shape index (κ2) is 7.35. The molecule has 2 rings (SSSR count). The first-order chi connectivity index (χ1) is 10.9. The molecule has 0 aliphatic carbocycles. The lowest BCUT2D eigenvalue weighted by atomic mass is 10.2. The van der Waals surface area contributed by atoms with Crippen LogP contribution < -0.4 is 15.4 Å². The number of ether oxygens (including phenoxy) is 1. The predicted molar refractivity (Wildman–Crippen MR) is 81.8 cm³/mol. The van der Waals surface area contributed by atoms with Crippen molar-refractivity contribution in [2.45, 2.75) is 13.5 Å². The molecule has 0 bridgehead atoms. The van der Waals surface area contributed by atoms with Crippen LogP contribution in [0.25, 0.3) is 0 Å². The summed E-state index contributed by atoms with van der Waals surface area (Å²) in [5.41, 5.74) is 1.33. The van der Waals surface area contributed by atoms with Crippen molar-refractivity contribution in [1.82, 2.24) is 0 Å². The Morgan fingerprint density at radius 3 is 2.17 bits per heavy atom. The fraction of sp³-hybridized carbons (Fsp3) is 0.125. The minimum atomic E-state index is -2.91. The molecular weight excluding hydrogens is 306 g/mol. The smallest absolute Gasteiger partial charge is 0.387 e. The molecule has 0 saturated carbocycles. The summed E-state index contributed by atoms with van der Waals surface area (Å²) in [4.78, 5) is 23.1. The highest BCUT2D eigenvalue weighted by molar-refractivity contribution is 6.04. The first-order valence-electron chi connectivity index (χ1n) is 6.68. The van der Waals surface area contributed by atoms with Crippen molar-refractivity contribution < 1.29 is 23.1 Å². The molecule has 0 radical (unpaired) electrons. The average molecular weight is 320 g/mol. The Morgan fingerprint density at radius 1 is 1.00 bits per heavy atom. The van der Waals surface area contributed by atoms with Crippen molar-refractivity contribution >= 4 is 23.2 Å². The number of carbonyl (C=O) groups excluding carboxylic acids is 2. The maximum absolute atomic E-state index is 12.1. The van der Waals surface area contributed by atoms with E-state index in [4.69, 9.17) is 0 Å². The van der Waals surface area contributed by atoms with Crippen LogP contribution in [-0.2, 0) is 4.79 Å². The van der Waals surface area contributed by atoms with Crippen LogP contribution in [0.15, 0.2) is 48.5 Å². The largest absolute Gasteiger partial charge is 0.435 e. The number of alkyl halides is 2. The molecule has 2 N–H and O–H groups in total. The van der Waals surface area contributed by atoms with E-state index in [-0.39, 0.29) is 17.2 Å². The third kappa shape index (κ3) is 5.06. The lowest BCUT2D eigenvalue weighted by molar-refractivity contribution is -0.114. The van der Waals surface area contributed by atoms with Gasteiger partial charge in [0.1, 0.15) is 5.75 Å². The molecular formula is C16H14F2N2O3. The van der Waals surface area contributed by atoms with Gasteiger partial charge in [-0.2, -0.15) is 8.78 Å². The zero-order valence-electron chi connectivity index (χ0n) is 12.2. The van der Waals surface area contributed by atoms with Gasteiger partial charge in [-0.05, 0) is 42.5 Å². The zero-order chi connectivity index (χ0) is 16.8. The fourth-order valence-electron chi connectivity index (χ4n) is 1.87. The topological polar surface area (TPSA) is 67.4 Å². The minimum absolute atomic E-state index is 0.0239. The summed E-state index contributed by atoms with van der Waals surface area (Å²) < 4.78 is 28.3. The van der Waals surface area contributed by atoms with E-state index in [1.807, 2.05) is 0 Å². The number of halogens is 2. The summed E-state index contributed by atoms with van der Waals surface area (Å²) in [6.07, 6.45) is 0. The normalized spacial score (nSPS) is 10.3. The second-order valence-electron chi connectivity index (χ2n) is 4.62. The van der Waals surface area contributed by atoms with Gasteiger partial charge in [-0.1, -0.05) is 6.07 Å². The van der Waals surface area contributed by atoms with E-state index in [1.54, 1.807) is 24.3 Å². The Labute approximate surface area is 131 Å². The van der Waals surface area contributed by atoms with Crippen molar-refractivity contribution in [3.63, 3.8) is 0 Å². The van der Waals surface area contributed by atoms with Crippen LogP contribution in [0.4, 0.5) is 20.2 Å². The maximum Gasteiger partial charge on any atom is 0.387 e. The average Bonchev–Trinajstić information content (AvgIpc) is 2.47. The molecule has 23 heavy (non-hydrogen) atoms. The number of hydrogen-bond acceptors (Lipinski definition) is 3. The van der Waals surface area contributed by atoms with Gasteiger partial charge in [0.2, 0.25) is 5.91 Å². The van der Waals surface area contributed by atoms with Gasteiger partial charge in [0.05, 0.1) is 0 Å². The van der Waals surface area contributed by atoms with Crippen LogP contribution in [0, 0.1) is 0 Å². The third-order valence-corrected chi connectivity index (χ3v) is 2.78. The van der Waals surface area contributed by atoms with E-state index in [0.29, 0.717) is 11.4 Å². The number of rotatable bonds is 5. The molecule has 0 fully saturated rings. The van der Waals surface area contributed by atoms with Gasteiger partial charge >= 0.3 is 6.61 Å². The molecule has 0 heterocycles. The van der Waals surface area contributed by atoms with E-state index in [1.165, 1.54) is 31.2 Å². The number of hydrogen-bond donors (Lipinski definition) is 2. The van der Waals surface area contributed by atoms with Crippen LogP contribution in [-0.4, -0.2) is 18.4 Å². The SMILES string of the molecule is CC(=O)Nc1cccc(NC(=O)c2ccc(OC(F)F)cc2)c1. The Hall–Kier alpha value is -2.96. The third-order valence-electron chi connectivity index (χ3n) is 2.78. The number of amides is 2. The van der Waals surface area contributed by atoms with E-state index >= 15 is 0 Å². The van der Waals surface area contributed by atoms with Crippen molar-refractivity contribution in [2.24, 2.45) is 0 Å². The quantitative estimate of drug-likeness (QED) is 0.886. The van der Waals surface area contributed by atoms with Gasteiger partial charge in [-0.3, -0.25) is 9.59 Å². The predicted octanol–water partition coefficient (Wildman–Crippen LogP) is 3.50. The Kier molecular flexibility index (Phi) is 5.24. The van der Waals surface area contributed by atoms with Crippen LogP contribution in [0.2, 0.25) is 0 Å². The lowest BCUT2D eigenvalue weighted by Crippen LogP contribution is -2.12. The highest BCUT2D eigenvalue weighted by Gasteiger charge is 2.09. The molecule has 2 amide bonds. The molecule has 120 valence electrons. The van der Waals surface area contributed by atoms with E-state index in [0.717, 1.165) is 0 Å². The molecule has 0 aliphatic rings. The fourth-order valence-corrected chi connectivity index (χ4v) is 1.87. The van der Waals surface area contributed by atoms with Gasteiger partial charge in [-0.15, -0.1) is 0 Å². The van der Waals surface area contributed by atoms with Crippen LogP contribution in [0.5, 0.6) is 5.75 Å². The molecule has 0 aliphatic heterocycles. The highest BCUT2D eigenvalue weighted by atomic mass is 19.3. The Morgan fingerprint density at radius 2 is 1.61 bits per heavy atom. The lowest BCUT2D eigenvalue weighted by Gasteiger charge is -2.09. The zero-order valence-corrected chi connectivity index (χ0v) is 12.2. The molecule has 0 spiro atoms. The van der Waals surface area contributed by atoms with Gasteiger partial charge in [0.25, 0.3) is 5.91 Å². The van der Waals surface area contributed by atoms with Crippen LogP contribution >= 0.6 is 0 Å². The minimum Gasteiger partial charge on any atom is -0.435 e. The maximum atomic E-state index is 12.1. The van der Waals surface area contributed by atoms with E-state index < -0.39 is 12.5 Å². The van der Waals surface area contributed by atoms with Crippen molar-refractivity contribution in [3.8, 4) is 5.75 Å². The Bertz CT molecular complexity index is 703. The van der Waals surface area contributed by atoms with Crippen LogP contribution in [0.3, 0.4) is 0 Å². The number of benzene rings is 2. The Balaban J connectivity index is 2.05. The molecule has 2 aromatic carbocycles. The molecule has 0 aromatic heterocycles. The molecule has 0 unspecified atom stereocenters. The van der Waals surface area contributed by atoms with Gasteiger partial charge < -0.3 is 15.4 Å². The summed E-state index contributed by atoms with van der Waals surface area (Å²) in [6, 6.07) is 12.0. The summed E-state index contributed by atoms with van der Waals surface area (Å²) in [5, 5.41) is 5.26. The molecule has 2 aromatic rings. The molecule has 7 heteroatoms.